The molecule has 19 heavy (non-hydrogen) atoms. The molecule has 1 heterocycles. The third kappa shape index (κ3) is 3.07. The van der Waals surface area contributed by atoms with E-state index >= 15 is 0 Å². The summed E-state index contributed by atoms with van der Waals surface area (Å²) in [6, 6.07) is 6.12. The van der Waals surface area contributed by atoms with Gasteiger partial charge < -0.3 is 15.8 Å². The molecule has 1 amide bonds. The van der Waals surface area contributed by atoms with E-state index in [-0.39, 0.29) is 5.91 Å². The van der Waals surface area contributed by atoms with Gasteiger partial charge in [0.25, 0.3) is 5.91 Å². The summed E-state index contributed by atoms with van der Waals surface area (Å²) in [5.41, 5.74) is 8.47. The van der Waals surface area contributed by atoms with Crippen LogP contribution in [0.4, 0.5) is 5.69 Å². The first-order valence-corrected chi connectivity index (χ1v) is 7.01. The molecule has 1 aliphatic carbocycles. The Labute approximate surface area is 113 Å². The lowest BCUT2D eigenvalue weighted by Crippen LogP contribution is -2.25. The van der Waals surface area contributed by atoms with E-state index in [0.29, 0.717) is 23.2 Å². The number of nitrogens with two attached hydrogens (primary N) is 1. The normalized spacial score (nSPS) is 20.2. The van der Waals surface area contributed by atoms with Gasteiger partial charge in [-0.2, -0.15) is 0 Å². The van der Waals surface area contributed by atoms with Crippen molar-refractivity contribution in [2.45, 2.75) is 37.6 Å². The second-order valence-electron chi connectivity index (χ2n) is 5.52. The molecule has 0 bridgehead atoms. The molecule has 102 valence electrons. The maximum atomic E-state index is 12.1. The molecule has 3 rings (SSSR count). The third-order valence-corrected chi connectivity index (χ3v) is 3.85. The van der Waals surface area contributed by atoms with Gasteiger partial charge in [0.05, 0.1) is 0 Å². The number of nitrogens with one attached hydrogen (secondary N) is 1. The van der Waals surface area contributed by atoms with Crippen LogP contribution in [-0.2, 0) is 4.74 Å². The summed E-state index contributed by atoms with van der Waals surface area (Å²) < 4.78 is 5.38. The maximum Gasteiger partial charge on any atom is 0.251 e. The molecule has 0 spiro atoms. The molecule has 1 aromatic carbocycles. The molecule has 1 saturated carbocycles. The fourth-order valence-corrected chi connectivity index (χ4v) is 2.57. The number of carbonyl (C=O) groups excluding carboxylic acids is 1. The van der Waals surface area contributed by atoms with Gasteiger partial charge in [0, 0.05) is 30.5 Å². The molecule has 1 aliphatic heterocycles. The number of carbonyl (C=O) groups is 1. The Balaban J connectivity index is 1.79. The molecular weight excluding hydrogens is 240 g/mol. The first-order valence-electron chi connectivity index (χ1n) is 7.01. The van der Waals surface area contributed by atoms with Crippen LogP contribution in [0.25, 0.3) is 0 Å². The average molecular weight is 260 g/mol. The zero-order valence-corrected chi connectivity index (χ0v) is 11.0. The molecule has 1 saturated heterocycles. The fraction of sp³-hybridized carbons (Fsp3) is 0.533. The van der Waals surface area contributed by atoms with Crippen LogP contribution in [0, 0.1) is 0 Å². The molecule has 0 aromatic heterocycles. The quantitative estimate of drug-likeness (QED) is 0.818. The summed E-state index contributed by atoms with van der Waals surface area (Å²) in [6.45, 7) is 1.59. The van der Waals surface area contributed by atoms with E-state index in [0.717, 1.165) is 38.9 Å². The lowest BCUT2D eigenvalue weighted by molar-refractivity contribution is 0.0853. The standard InChI is InChI=1S/C15H20N2O2/c16-13-8-11(10-3-5-19-6-4-10)7-12(9-13)15(18)17-14-1-2-14/h7-10,14H,1-6,16H2,(H,17,18). The summed E-state index contributed by atoms with van der Waals surface area (Å²) >= 11 is 0. The number of anilines is 1. The summed E-state index contributed by atoms with van der Waals surface area (Å²) in [7, 11) is 0. The van der Waals surface area contributed by atoms with Crippen molar-refractivity contribution in [2.24, 2.45) is 0 Å². The summed E-state index contributed by atoms with van der Waals surface area (Å²) in [5.74, 6) is 0.466. The van der Waals surface area contributed by atoms with Crippen molar-refractivity contribution in [1.82, 2.24) is 5.32 Å². The Bertz CT molecular complexity index is 477. The van der Waals surface area contributed by atoms with Crippen molar-refractivity contribution in [3.63, 3.8) is 0 Å². The topological polar surface area (TPSA) is 64.4 Å². The molecule has 4 nitrogen and oxygen atoms in total. The van der Waals surface area contributed by atoms with Crippen LogP contribution in [0.2, 0.25) is 0 Å². The van der Waals surface area contributed by atoms with Crippen molar-refractivity contribution in [3.8, 4) is 0 Å². The van der Waals surface area contributed by atoms with E-state index in [1.165, 1.54) is 5.56 Å². The third-order valence-electron chi connectivity index (χ3n) is 3.85. The number of amides is 1. The smallest absolute Gasteiger partial charge is 0.251 e. The van der Waals surface area contributed by atoms with E-state index < -0.39 is 0 Å². The van der Waals surface area contributed by atoms with Crippen LogP contribution >= 0.6 is 0 Å². The SMILES string of the molecule is Nc1cc(C(=O)NC2CC2)cc(C2CCOCC2)c1. The largest absolute Gasteiger partial charge is 0.399 e. The van der Waals surface area contributed by atoms with E-state index in [9.17, 15) is 4.79 Å². The van der Waals surface area contributed by atoms with Gasteiger partial charge in [-0.3, -0.25) is 4.79 Å². The van der Waals surface area contributed by atoms with Gasteiger partial charge in [0.2, 0.25) is 0 Å². The van der Waals surface area contributed by atoms with Crippen LogP contribution in [0.15, 0.2) is 18.2 Å². The molecule has 2 aliphatic rings. The van der Waals surface area contributed by atoms with Crippen LogP contribution in [0.1, 0.15) is 47.5 Å². The Morgan fingerprint density at radius 3 is 2.58 bits per heavy atom. The summed E-state index contributed by atoms with van der Waals surface area (Å²) in [6.07, 6.45) is 4.21. The monoisotopic (exact) mass is 260 g/mol. The van der Waals surface area contributed by atoms with Crippen LogP contribution in [0.3, 0.4) is 0 Å². The highest BCUT2D eigenvalue weighted by molar-refractivity contribution is 5.95. The van der Waals surface area contributed by atoms with Crippen molar-refractivity contribution in [2.75, 3.05) is 18.9 Å². The van der Waals surface area contributed by atoms with Gasteiger partial charge in [-0.05, 0) is 55.4 Å². The van der Waals surface area contributed by atoms with Crippen molar-refractivity contribution < 1.29 is 9.53 Å². The zero-order valence-electron chi connectivity index (χ0n) is 11.0. The molecule has 4 heteroatoms. The minimum absolute atomic E-state index is 0.00288. The molecule has 2 fully saturated rings. The Hall–Kier alpha value is -1.55. The fourth-order valence-electron chi connectivity index (χ4n) is 2.57. The Morgan fingerprint density at radius 1 is 1.16 bits per heavy atom. The number of hydrogen-bond acceptors (Lipinski definition) is 3. The Kier molecular flexibility index (Phi) is 3.42. The van der Waals surface area contributed by atoms with Crippen molar-refractivity contribution in [1.29, 1.82) is 0 Å². The highest BCUT2D eigenvalue weighted by atomic mass is 16.5. The Morgan fingerprint density at radius 2 is 1.89 bits per heavy atom. The lowest BCUT2D eigenvalue weighted by Gasteiger charge is -2.23. The van der Waals surface area contributed by atoms with E-state index in [1.807, 2.05) is 12.1 Å². The minimum Gasteiger partial charge on any atom is -0.399 e. The van der Waals surface area contributed by atoms with E-state index in [4.69, 9.17) is 10.5 Å². The second-order valence-corrected chi connectivity index (χ2v) is 5.52. The highest BCUT2D eigenvalue weighted by Gasteiger charge is 2.24. The van der Waals surface area contributed by atoms with Gasteiger partial charge in [0.15, 0.2) is 0 Å². The van der Waals surface area contributed by atoms with Crippen molar-refractivity contribution >= 4 is 11.6 Å². The highest BCUT2D eigenvalue weighted by Crippen LogP contribution is 2.29. The molecular formula is C15H20N2O2. The maximum absolute atomic E-state index is 12.1. The van der Waals surface area contributed by atoms with Crippen LogP contribution in [-0.4, -0.2) is 25.2 Å². The first kappa shape index (κ1) is 12.5. The van der Waals surface area contributed by atoms with Gasteiger partial charge in [0.1, 0.15) is 0 Å². The number of benzene rings is 1. The molecule has 1 aromatic rings. The predicted octanol–water partition coefficient (Wildman–Crippen LogP) is 2.05. The van der Waals surface area contributed by atoms with Gasteiger partial charge in [-0.15, -0.1) is 0 Å². The van der Waals surface area contributed by atoms with Gasteiger partial charge >= 0.3 is 0 Å². The van der Waals surface area contributed by atoms with Crippen molar-refractivity contribution in [3.05, 3.63) is 29.3 Å². The van der Waals surface area contributed by atoms with E-state index in [2.05, 4.69) is 5.32 Å². The zero-order chi connectivity index (χ0) is 13.2. The molecule has 0 atom stereocenters. The second kappa shape index (κ2) is 5.21. The molecule has 0 unspecified atom stereocenters. The summed E-state index contributed by atoms with van der Waals surface area (Å²) in [4.78, 5) is 12.1. The lowest BCUT2D eigenvalue weighted by atomic mass is 9.90. The average Bonchev–Trinajstić information content (AvgIpc) is 3.23. The summed E-state index contributed by atoms with van der Waals surface area (Å²) in [5, 5.41) is 3.01. The van der Waals surface area contributed by atoms with E-state index in [1.54, 1.807) is 6.07 Å². The van der Waals surface area contributed by atoms with Gasteiger partial charge in [-0.25, -0.2) is 0 Å². The van der Waals surface area contributed by atoms with Crippen LogP contribution in [0.5, 0.6) is 0 Å². The number of hydrogen-bond donors (Lipinski definition) is 2. The molecule has 3 N–H and O–H groups in total. The first-order chi connectivity index (χ1) is 9.22. The van der Waals surface area contributed by atoms with Gasteiger partial charge in [-0.1, -0.05) is 0 Å². The molecule has 0 radical (unpaired) electrons. The number of ether oxygens (including phenoxy) is 1. The minimum atomic E-state index is 0.00288. The number of rotatable bonds is 3. The number of nitrogen functional groups attached to an aromatic ring is 1. The predicted molar refractivity (Wildman–Crippen MR) is 74.1 cm³/mol. The van der Waals surface area contributed by atoms with Crippen LogP contribution < -0.4 is 11.1 Å².